The van der Waals surface area contributed by atoms with E-state index >= 15 is 0 Å². The molecule has 0 radical (unpaired) electrons. The summed E-state index contributed by atoms with van der Waals surface area (Å²) in [5.41, 5.74) is 7.65. The van der Waals surface area contributed by atoms with Crippen LogP contribution in [0.3, 0.4) is 0 Å². The van der Waals surface area contributed by atoms with Crippen molar-refractivity contribution in [3.05, 3.63) is 63.6 Å². The second kappa shape index (κ2) is 7.52. The van der Waals surface area contributed by atoms with Gasteiger partial charge in [-0.3, -0.25) is 0 Å². The highest BCUT2D eigenvalue weighted by atomic mass is 35.5. The van der Waals surface area contributed by atoms with Crippen molar-refractivity contribution in [2.75, 3.05) is 12.8 Å². The van der Waals surface area contributed by atoms with Gasteiger partial charge in [0.25, 0.3) is 0 Å². The van der Waals surface area contributed by atoms with Gasteiger partial charge in [-0.25, -0.2) is 0 Å². The quantitative estimate of drug-likeness (QED) is 0.787. The Morgan fingerprint density at radius 2 is 1.86 bits per heavy atom. The molecule has 0 fully saturated rings. The summed E-state index contributed by atoms with van der Waals surface area (Å²) in [7, 11) is 0. The van der Waals surface area contributed by atoms with Crippen molar-refractivity contribution < 1.29 is 5.11 Å². The molecule has 2 aromatic rings. The van der Waals surface area contributed by atoms with Gasteiger partial charge in [0.15, 0.2) is 0 Å². The van der Waals surface area contributed by atoms with Crippen molar-refractivity contribution in [2.24, 2.45) is 5.73 Å². The predicted molar refractivity (Wildman–Crippen MR) is 91.4 cm³/mol. The standard InChI is InChI=1S/C16H17Cl2NOS/c1-21-15-5-3-2-4-11(15)16(20)12(9-19)10-6-7-13(17)14(18)8-10/h2-8,12,16,20H,9,19H2,1H3. The molecule has 0 saturated carbocycles. The zero-order valence-corrected chi connectivity index (χ0v) is 13.9. The Hall–Kier alpha value is -0.710. The molecule has 2 atom stereocenters. The fourth-order valence-corrected chi connectivity index (χ4v) is 3.26. The van der Waals surface area contributed by atoms with Crippen LogP contribution in [0.2, 0.25) is 10.0 Å². The Bertz CT molecular complexity index is 621. The van der Waals surface area contributed by atoms with Crippen LogP contribution in [0.4, 0.5) is 0 Å². The summed E-state index contributed by atoms with van der Waals surface area (Å²) >= 11 is 13.6. The summed E-state index contributed by atoms with van der Waals surface area (Å²) in [5, 5.41) is 11.7. The van der Waals surface area contributed by atoms with Gasteiger partial charge in [0.1, 0.15) is 0 Å². The zero-order valence-electron chi connectivity index (χ0n) is 11.6. The van der Waals surface area contributed by atoms with Gasteiger partial charge in [-0.2, -0.15) is 0 Å². The number of aliphatic hydroxyl groups excluding tert-OH is 1. The van der Waals surface area contributed by atoms with E-state index in [0.717, 1.165) is 16.0 Å². The van der Waals surface area contributed by atoms with Crippen LogP contribution in [0.25, 0.3) is 0 Å². The van der Waals surface area contributed by atoms with Crippen molar-refractivity contribution >= 4 is 35.0 Å². The van der Waals surface area contributed by atoms with Crippen LogP contribution in [0, 0.1) is 0 Å². The molecule has 0 heterocycles. The molecule has 0 aliphatic carbocycles. The highest BCUT2D eigenvalue weighted by Crippen LogP contribution is 2.36. The Balaban J connectivity index is 2.38. The third-order valence-corrected chi connectivity index (χ3v) is 5.02. The largest absolute Gasteiger partial charge is 0.388 e. The summed E-state index contributed by atoms with van der Waals surface area (Å²) in [5.74, 6) is -0.229. The van der Waals surface area contributed by atoms with E-state index in [2.05, 4.69) is 0 Å². The molecule has 2 nitrogen and oxygen atoms in total. The maximum Gasteiger partial charge on any atom is 0.0881 e. The predicted octanol–water partition coefficient (Wildman–Crippen LogP) is 4.49. The molecule has 2 aromatic carbocycles. The third-order valence-electron chi connectivity index (χ3n) is 3.46. The second-order valence-corrected chi connectivity index (χ2v) is 6.37. The molecular weight excluding hydrogens is 325 g/mol. The molecule has 2 rings (SSSR count). The molecule has 0 spiro atoms. The van der Waals surface area contributed by atoms with Gasteiger partial charge in [-0.05, 0) is 35.6 Å². The van der Waals surface area contributed by atoms with Gasteiger partial charge in [0, 0.05) is 17.4 Å². The first-order valence-corrected chi connectivity index (χ1v) is 8.52. The molecular formula is C16H17Cl2NOS. The fourth-order valence-electron chi connectivity index (χ4n) is 2.32. The van der Waals surface area contributed by atoms with Gasteiger partial charge in [-0.15, -0.1) is 11.8 Å². The molecule has 0 aromatic heterocycles. The minimum absolute atomic E-state index is 0.229. The molecule has 3 N–H and O–H groups in total. The van der Waals surface area contributed by atoms with E-state index in [4.69, 9.17) is 28.9 Å². The monoisotopic (exact) mass is 341 g/mol. The number of hydrogen-bond donors (Lipinski definition) is 2. The lowest BCUT2D eigenvalue weighted by atomic mass is 9.89. The average Bonchev–Trinajstić information content (AvgIpc) is 2.51. The average molecular weight is 342 g/mol. The van der Waals surface area contributed by atoms with Gasteiger partial charge in [-0.1, -0.05) is 47.5 Å². The summed E-state index contributed by atoms with van der Waals surface area (Å²) in [6.45, 7) is 0.321. The smallest absolute Gasteiger partial charge is 0.0881 e. The molecule has 0 bridgehead atoms. The Morgan fingerprint density at radius 3 is 2.48 bits per heavy atom. The van der Waals surface area contributed by atoms with E-state index in [1.807, 2.05) is 36.6 Å². The zero-order chi connectivity index (χ0) is 15.4. The topological polar surface area (TPSA) is 46.2 Å². The van der Waals surface area contributed by atoms with Crippen LogP contribution in [0.5, 0.6) is 0 Å². The van der Waals surface area contributed by atoms with Crippen LogP contribution >= 0.6 is 35.0 Å². The van der Waals surface area contributed by atoms with Gasteiger partial charge < -0.3 is 10.8 Å². The number of nitrogens with two attached hydrogens (primary N) is 1. The van der Waals surface area contributed by atoms with E-state index in [1.54, 1.807) is 23.9 Å². The van der Waals surface area contributed by atoms with E-state index in [1.165, 1.54) is 0 Å². The van der Waals surface area contributed by atoms with Crippen LogP contribution in [0.1, 0.15) is 23.1 Å². The van der Waals surface area contributed by atoms with Crippen molar-refractivity contribution in [3.63, 3.8) is 0 Å². The van der Waals surface area contributed by atoms with Gasteiger partial charge >= 0.3 is 0 Å². The minimum Gasteiger partial charge on any atom is -0.388 e. The van der Waals surface area contributed by atoms with Crippen LogP contribution in [0.15, 0.2) is 47.4 Å². The Kier molecular flexibility index (Phi) is 5.97. The third kappa shape index (κ3) is 3.74. The number of aliphatic hydroxyl groups is 1. The maximum atomic E-state index is 10.7. The molecule has 0 aliphatic heterocycles. The van der Waals surface area contributed by atoms with Crippen LogP contribution in [-0.4, -0.2) is 17.9 Å². The summed E-state index contributed by atoms with van der Waals surface area (Å²) in [6.07, 6.45) is 1.30. The molecule has 5 heteroatoms. The number of halogens is 2. The van der Waals surface area contributed by atoms with Gasteiger partial charge in [0.05, 0.1) is 16.1 Å². The molecule has 112 valence electrons. The first-order valence-electron chi connectivity index (χ1n) is 6.54. The maximum absolute atomic E-state index is 10.7. The van der Waals surface area contributed by atoms with Crippen LogP contribution < -0.4 is 5.73 Å². The lowest BCUT2D eigenvalue weighted by Crippen LogP contribution is -2.20. The summed E-state index contributed by atoms with van der Waals surface area (Å²) < 4.78 is 0. The number of hydrogen-bond acceptors (Lipinski definition) is 3. The molecule has 21 heavy (non-hydrogen) atoms. The highest BCUT2D eigenvalue weighted by Gasteiger charge is 2.24. The van der Waals surface area contributed by atoms with Crippen LogP contribution in [-0.2, 0) is 0 Å². The highest BCUT2D eigenvalue weighted by molar-refractivity contribution is 7.98. The molecule has 0 saturated heterocycles. The molecule has 2 unspecified atom stereocenters. The van der Waals surface area contributed by atoms with Crippen molar-refractivity contribution in [2.45, 2.75) is 16.9 Å². The minimum atomic E-state index is -0.684. The number of rotatable bonds is 5. The Labute approximate surface area is 139 Å². The first-order chi connectivity index (χ1) is 10.1. The Morgan fingerprint density at radius 1 is 1.14 bits per heavy atom. The second-order valence-electron chi connectivity index (χ2n) is 4.70. The molecule has 0 aliphatic rings. The SMILES string of the molecule is CSc1ccccc1C(O)C(CN)c1ccc(Cl)c(Cl)c1. The lowest BCUT2D eigenvalue weighted by molar-refractivity contribution is 0.145. The van der Waals surface area contributed by atoms with E-state index in [9.17, 15) is 5.11 Å². The lowest BCUT2D eigenvalue weighted by Gasteiger charge is -2.24. The van der Waals surface area contributed by atoms with Crippen molar-refractivity contribution in [1.82, 2.24) is 0 Å². The van der Waals surface area contributed by atoms with E-state index in [-0.39, 0.29) is 5.92 Å². The van der Waals surface area contributed by atoms with Crippen molar-refractivity contribution in [3.8, 4) is 0 Å². The first kappa shape index (κ1) is 16.7. The number of thioether (sulfide) groups is 1. The van der Waals surface area contributed by atoms with Crippen molar-refractivity contribution in [1.29, 1.82) is 0 Å². The van der Waals surface area contributed by atoms with E-state index < -0.39 is 6.10 Å². The normalized spacial score (nSPS) is 14.0. The number of benzene rings is 2. The van der Waals surface area contributed by atoms with Gasteiger partial charge in [0.2, 0.25) is 0 Å². The summed E-state index contributed by atoms with van der Waals surface area (Å²) in [4.78, 5) is 1.04. The molecule has 0 amide bonds. The summed E-state index contributed by atoms with van der Waals surface area (Å²) in [6, 6.07) is 13.2. The van der Waals surface area contributed by atoms with E-state index in [0.29, 0.717) is 16.6 Å². The fraction of sp³-hybridized carbons (Fsp3) is 0.250.